The number of halogens is 1. The van der Waals surface area contributed by atoms with Crippen molar-refractivity contribution in [1.82, 2.24) is 20.1 Å². The summed E-state index contributed by atoms with van der Waals surface area (Å²) in [6.07, 6.45) is 0. The second kappa shape index (κ2) is 10.8. The first-order valence-corrected chi connectivity index (χ1v) is 11.4. The van der Waals surface area contributed by atoms with Crippen molar-refractivity contribution < 1.29 is 13.9 Å². The van der Waals surface area contributed by atoms with Gasteiger partial charge in [-0.05, 0) is 36.8 Å². The number of benzene rings is 3. The monoisotopic (exact) mass is 462 g/mol. The predicted molar refractivity (Wildman–Crippen MR) is 126 cm³/mol. The summed E-state index contributed by atoms with van der Waals surface area (Å²) in [6, 6.07) is 25.4. The van der Waals surface area contributed by atoms with E-state index in [1.807, 2.05) is 72.2 Å². The molecule has 1 unspecified atom stereocenters. The van der Waals surface area contributed by atoms with E-state index in [9.17, 15) is 9.18 Å². The van der Waals surface area contributed by atoms with Gasteiger partial charge in [-0.15, -0.1) is 10.2 Å². The summed E-state index contributed by atoms with van der Waals surface area (Å²) < 4.78 is 21.4. The Balaban J connectivity index is 1.47. The number of hydrogen-bond acceptors (Lipinski definition) is 5. The van der Waals surface area contributed by atoms with Gasteiger partial charge in [0.05, 0.1) is 11.8 Å². The molecule has 1 amide bonds. The van der Waals surface area contributed by atoms with Gasteiger partial charge in [0.15, 0.2) is 22.5 Å². The quantitative estimate of drug-likeness (QED) is 0.356. The Morgan fingerprint density at radius 3 is 2.39 bits per heavy atom. The van der Waals surface area contributed by atoms with E-state index in [0.29, 0.717) is 11.0 Å². The minimum Gasteiger partial charge on any atom is -0.483 e. The third kappa shape index (κ3) is 5.78. The zero-order valence-corrected chi connectivity index (χ0v) is 18.8. The van der Waals surface area contributed by atoms with Gasteiger partial charge in [0, 0.05) is 5.69 Å². The van der Waals surface area contributed by atoms with Gasteiger partial charge in [0.1, 0.15) is 6.61 Å². The van der Waals surface area contributed by atoms with Crippen molar-refractivity contribution >= 4 is 17.7 Å². The van der Waals surface area contributed by atoms with E-state index in [0.717, 1.165) is 11.3 Å². The number of amides is 1. The average molecular weight is 463 g/mol. The summed E-state index contributed by atoms with van der Waals surface area (Å²) >= 11 is 1.28. The Morgan fingerprint density at radius 2 is 1.67 bits per heavy atom. The zero-order valence-electron chi connectivity index (χ0n) is 18.0. The Bertz CT molecular complexity index is 1200. The minimum absolute atomic E-state index is 0.0284. The molecule has 33 heavy (non-hydrogen) atoms. The van der Waals surface area contributed by atoms with Gasteiger partial charge in [0.2, 0.25) is 5.91 Å². The normalized spacial score (nSPS) is 11.7. The second-order valence-corrected chi connectivity index (χ2v) is 8.22. The Kier molecular flexibility index (Phi) is 7.36. The van der Waals surface area contributed by atoms with Gasteiger partial charge in [-0.25, -0.2) is 4.39 Å². The highest BCUT2D eigenvalue weighted by molar-refractivity contribution is 7.99. The van der Waals surface area contributed by atoms with Gasteiger partial charge in [-0.1, -0.05) is 72.4 Å². The van der Waals surface area contributed by atoms with Crippen molar-refractivity contribution in [3.05, 3.63) is 102 Å². The van der Waals surface area contributed by atoms with Crippen molar-refractivity contribution in [2.75, 3.05) is 5.75 Å². The first kappa shape index (κ1) is 22.5. The Morgan fingerprint density at radius 1 is 1.00 bits per heavy atom. The molecule has 0 aliphatic rings. The van der Waals surface area contributed by atoms with E-state index in [1.54, 1.807) is 18.2 Å². The zero-order chi connectivity index (χ0) is 23.0. The average Bonchev–Trinajstić information content (AvgIpc) is 3.26. The van der Waals surface area contributed by atoms with E-state index >= 15 is 0 Å². The van der Waals surface area contributed by atoms with Crippen LogP contribution in [0.1, 0.15) is 24.4 Å². The van der Waals surface area contributed by atoms with Crippen molar-refractivity contribution in [2.45, 2.75) is 24.7 Å². The maximum absolute atomic E-state index is 13.9. The van der Waals surface area contributed by atoms with Crippen molar-refractivity contribution in [1.29, 1.82) is 0 Å². The molecule has 6 nitrogen and oxygen atoms in total. The largest absolute Gasteiger partial charge is 0.483 e. The smallest absolute Gasteiger partial charge is 0.230 e. The van der Waals surface area contributed by atoms with Crippen LogP contribution < -0.4 is 10.1 Å². The van der Waals surface area contributed by atoms with E-state index < -0.39 is 5.82 Å². The standard InChI is InChI=1S/C25H23FN4O2S/c1-18(19-10-4-2-5-11-19)27-24(31)17-33-25-29-28-23(30(25)20-12-6-3-7-13-20)16-32-22-15-9-8-14-21(22)26/h2-15,18H,16-17H2,1H3,(H,27,31). The van der Waals surface area contributed by atoms with Crippen molar-refractivity contribution in [3.8, 4) is 11.4 Å². The number of thioether (sulfide) groups is 1. The number of carbonyl (C=O) groups is 1. The molecule has 0 bridgehead atoms. The highest BCUT2D eigenvalue weighted by Gasteiger charge is 2.18. The van der Waals surface area contributed by atoms with Crippen LogP contribution in [-0.4, -0.2) is 26.4 Å². The highest BCUT2D eigenvalue weighted by atomic mass is 32.2. The molecule has 4 rings (SSSR count). The SMILES string of the molecule is CC(NC(=O)CSc1nnc(COc2ccccc2F)n1-c1ccccc1)c1ccccc1. The fourth-order valence-corrected chi connectivity index (χ4v) is 4.05. The van der Waals surface area contributed by atoms with E-state index in [2.05, 4.69) is 15.5 Å². The first-order valence-electron chi connectivity index (χ1n) is 10.5. The molecule has 0 fully saturated rings. The summed E-state index contributed by atoms with van der Waals surface area (Å²) in [5, 5.41) is 12.0. The molecule has 1 heterocycles. The summed E-state index contributed by atoms with van der Waals surface area (Å²) in [6.45, 7) is 1.98. The van der Waals surface area contributed by atoms with Gasteiger partial charge in [-0.3, -0.25) is 9.36 Å². The lowest BCUT2D eigenvalue weighted by Gasteiger charge is -2.14. The lowest BCUT2D eigenvalue weighted by molar-refractivity contribution is -0.119. The van der Waals surface area contributed by atoms with Crippen LogP contribution in [0.4, 0.5) is 4.39 Å². The lowest BCUT2D eigenvalue weighted by atomic mass is 10.1. The number of nitrogens with one attached hydrogen (secondary N) is 1. The van der Waals surface area contributed by atoms with E-state index in [-0.39, 0.29) is 30.1 Å². The highest BCUT2D eigenvalue weighted by Crippen LogP contribution is 2.24. The van der Waals surface area contributed by atoms with Crippen LogP contribution in [0.15, 0.2) is 90.1 Å². The van der Waals surface area contributed by atoms with Crippen LogP contribution in [0, 0.1) is 5.82 Å². The third-order valence-electron chi connectivity index (χ3n) is 4.92. The van der Waals surface area contributed by atoms with Crippen LogP contribution in [0.25, 0.3) is 5.69 Å². The molecule has 1 aromatic heterocycles. The molecule has 0 saturated carbocycles. The topological polar surface area (TPSA) is 69.0 Å². The fraction of sp³-hybridized carbons (Fsp3) is 0.160. The molecule has 0 radical (unpaired) electrons. The number of carbonyl (C=O) groups excluding carboxylic acids is 1. The molecule has 0 saturated heterocycles. The van der Waals surface area contributed by atoms with Crippen LogP contribution >= 0.6 is 11.8 Å². The third-order valence-corrected chi connectivity index (χ3v) is 5.85. The van der Waals surface area contributed by atoms with Crippen LogP contribution in [0.2, 0.25) is 0 Å². The van der Waals surface area contributed by atoms with Crippen LogP contribution in [0.3, 0.4) is 0 Å². The fourth-order valence-electron chi connectivity index (χ4n) is 3.27. The molecule has 0 aliphatic heterocycles. The Labute approximate surface area is 195 Å². The van der Waals surface area contributed by atoms with Gasteiger partial charge < -0.3 is 10.1 Å². The van der Waals surface area contributed by atoms with Gasteiger partial charge >= 0.3 is 0 Å². The molecule has 168 valence electrons. The van der Waals surface area contributed by atoms with Crippen LogP contribution in [0.5, 0.6) is 5.75 Å². The molecule has 4 aromatic rings. The number of nitrogens with zero attached hydrogens (tertiary/aromatic N) is 3. The molecule has 0 aliphatic carbocycles. The molecule has 3 aromatic carbocycles. The van der Waals surface area contributed by atoms with Crippen LogP contribution in [-0.2, 0) is 11.4 Å². The number of ether oxygens (including phenoxy) is 1. The molecule has 0 spiro atoms. The summed E-state index contributed by atoms with van der Waals surface area (Å²) in [4.78, 5) is 12.5. The predicted octanol–water partition coefficient (Wildman–Crippen LogP) is 4.95. The number of rotatable bonds is 9. The Hall–Kier alpha value is -3.65. The molecule has 8 heteroatoms. The van der Waals surface area contributed by atoms with Crippen molar-refractivity contribution in [2.24, 2.45) is 0 Å². The lowest BCUT2D eigenvalue weighted by Crippen LogP contribution is -2.28. The molecule has 1 N–H and O–H groups in total. The van der Waals surface area contributed by atoms with E-state index in [4.69, 9.17) is 4.74 Å². The first-order chi connectivity index (χ1) is 16.1. The maximum atomic E-state index is 13.9. The minimum atomic E-state index is -0.443. The maximum Gasteiger partial charge on any atom is 0.230 e. The summed E-state index contributed by atoms with van der Waals surface area (Å²) in [5.41, 5.74) is 1.87. The second-order valence-electron chi connectivity index (χ2n) is 7.28. The molecular weight excluding hydrogens is 439 g/mol. The van der Waals surface area contributed by atoms with Gasteiger partial charge in [-0.2, -0.15) is 0 Å². The van der Waals surface area contributed by atoms with Gasteiger partial charge in [0.25, 0.3) is 0 Å². The van der Waals surface area contributed by atoms with E-state index in [1.165, 1.54) is 17.8 Å². The van der Waals surface area contributed by atoms with Crippen molar-refractivity contribution in [3.63, 3.8) is 0 Å². The number of hydrogen-bond donors (Lipinski definition) is 1. The number of aromatic nitrogens is 3. The summed E-state index contributed by atoms with van der Waals surface area (Å²) in [7, 11) is 0. The summed E-state index contributed by atoms with van der Waals surface area (Å²) in [5.74, 6) is 0.273. The molecule has 1 atom stereocenters. The number of para-hydroxylation sites is 2. The molecular formula is C25H23FN4O2S.